The first-order valence-electron chi connectivity index (χ1n) is 7.70. The summed E-state index contributed by atoms with van der Waals surface area (Å²) < 4.78 is 38.4. The van der Waals surface area contributed by atoms with Crippen molar-refractivity contribution in [2.75, 3.05) is 5.32 Å². The lowest BCUT2D eigenvalue weighted by atomic mass is 10.0. The van der Waals surface area contributed by atoms with Gasteiger partial charge in [0.1, 0.15) is 5.69 Å². The van der Waals surface area contributed by atoms with Gasteiger partial charge in [0.05, 0.1) is 5.56 Å². The van der Waals surface area contributed by atoms with Crippen LogP contribution in [0.25, 0.3) is 11.1 Å². The van der Waals surface area contributed by atoms with Crippen LogP contribution in [0.5, 0.6) is 0 Å². The molecule has 1 aromatic carbocycles. The van der Waals surface area contributed by atoms with Gasteiger partial charge in [0.15, 0.2) is 0 Å². The molecule has 0 saturated heterocycles. The van der Waals surface area contributed by atoms with E-state index in [0.29, 0.717) is 16.8 Å². The van der Waals surface area contributed by atoms with E-state index in [0.717, 1.165) is 17.8 Å². The summed E-state index contributed by atoms with van der Waals surface area (Å²) in [5, 5.41) is 11.8. The summed E-state index contributed by atoms with van der Waals surface area (Å²) in [5.41, 5.74) is 1.47. The van der Waals surface area contributed by atoms with E-state index in [9.17, 15) is 18.0 Å². The van der Waals surface area contributed by atoms with Gasteiger partial charge in [-0.1, -0.05) is 6.07 Å². The third kappa shape index (κ3) is 4.38. The molecule has 9 heteroatoms. The molecule has 0 radical (unpaired) electrons. The minimum Gasteiger partial charge on any atom is -0.478 e. The number of aromatic nitrogens is 3. The second-order valence-electron chi connectivity index (χ2n) is 5.74. The number of hydrogen-bond donors (Lipinski definition) is 2. The molecule has 3 aromatic rings. The fourth-order valence-electron chi connectivity index (χ4n) is 2.44. The van der Waals surface area contributed by atoms with Crippen molar-refractivity contribution in [2.45, 2.75) is 13.1 Å². The van der Waals surface area contributed by atoms with Crippen molar-refractivity contribution in [3.63, 3.8) is 0 Å². The molecule has 2 heterocycles. The summed E-state index contributed by atoms with van der Waals surface area (Å²) in [6.45, 7) is 1.80. The highest BCUT2D eigenvalue weighted by molar-refractivity contribution is 5.89. The van der Waals surface area contributed by atoms with Gasteiger partial charge in [0.2, 0.25) is 5.95 Å². The topological polar surface area (TPSA) is 88.0 Å². The SMILES string of the molecule is Cc1cc(Nc2nccc(C(F)(F)F)n2)cc(-c2cncc(C(=O)O)c2)c1. The number of nitrogens with zero attached hydrogens (tertiary/aromatic N) is 3. The number of hydrogen-bond acceptors (Lipinski definition) is 5. The minimum absolute atomic E-state index is 0.0322. The number of alkyl halides is 3. The predicted octanol–water partition coefficient (Wildman–Crippen LogP) is 4.31. The summed E-state index contributed by atoms with van der Waals surface area (Å²) in [6, 6.07) is 7.42. The van der Waals surface area contributed by atoms with E-state index in [1.807, 2.05) is 0 Å². The van der Waals surface area contributed by atoms with Crippen molar-refractivity contribution in [1.82, 2.24) is 15.0 Å². The van der Waals surface area contributed by atoms with Gasteiger partial charge in [0.25, 0.3) is 0 Å². The van der Waals surface area contributed by atoms with Crippen molar-refractivity contribution in [2.24, 2.45) is 0 Å². The number of aryl methyl sites for hydroxylation is 1. The fraction of sp³-hybridized carbons (Fsp3) is 0.111. The monoisotopic (exact) mass is 374 g/mol. The molecular weight excluding hydrogens is 361 g/mol. The number of pyridine rings is 1. The van der Waals surface area contributed by atoms with E-state index >= 15 is 0 Å². The van der Waals surface area contributed by atoms with Crippen LogP contribution in [0.15, 0.2) is 48.9 Å². The largest absolute Gasteiger partial charge is 0.478 e. The summed E-state index contributed by atoms with van der Waals surface area (Å²) in [7, 11) is 0. The molecule has 6 nitrogen and oxygen atoms in total. The van der Waals surface area contributed by atoms with Crippen molar-refractivity contribution < 1.29 is 23.1 Å². The Morgan fingerprint density at radius 1 is 1.11 bits per heavy atom. The van der Waals surface area contributed by atoms with Crippen LogP contribution in [0.2, 0.25) is 0 Å². The number of rotatable bonds is 4. The van der Waals surface area contributed by atoms with Crippen LogP contribution < -0.4 is 5.32 Å². The number of carboxylic acid groups (broad SMARTS) is 1. The van der Waals surface area contributed by atoms with Crippen molar-refractivity contribution >= 4 is 17.6 Å². The first kappa shape index (κ1) is 18.3. The number of nitrogens with one attached hydrogen (secondary N) is 1. The average molecular weight is 374 g/mol. The Morgan fingerprint density at radius 2 is 1.89 bits per heavy atom. The lowest BCUT2D eigenvalue weighted by molar-refractivity contribution is -0.141. The van der Waals surface area contributed by atoms with Gasteiger partial charge in [0, 0.05) is 29.8 Å². The first-order chi connectivity index (χ1) is 12.7. The number of benzene rings is 1. The zero-order valence-corrected chi connectivity index (χ0v) is 13.9. The van der Waals surface area contributed by atoms with Gasteiger partial charge >= 0.3 is 12.1 Å². The molecule has 3 rings (SSSR count). The molecule has 0 aliphatic rings. The van der Waals surface area contributed by atoms with Crippen LogP contribution in [0.3, 0.4) is 0 Å². The molecule has 0 unspecified atom stereocenters. The van der Waals surface area contributed by atoms with Crippen LogP contribution in [0.4, 0.5) is 24.8 Å². The van der Waals surface area contributed by atoms with E-state index in [2.05, 4.69) is 20.3 Å². The highest BCUT2D eigenvalue weighted by atomic mass is 19.4. The molecule has 0 amide bonds. The fourth-order valence-corrected chi connectivity index (χ4v) is 2.44. The van der Waals surface area contributed by atoms with Crippen molar-refractivity contribution in [3.05, 3.63) is 65.7 Å². The molecule has 0 bridgehead atoms. The Morgan fingerprint density at radius 3 is 2.59 bits per heavy atom. The predicted molar refractivity (Wildman–Crippen MR) is 91.7 cm³/mol. The van der Waals surface area contributed by atoms with Crippen LogP contribution >= 0.6 is 0 Å². The molecule has 0 aliphatic carbocycles. The summed E-state index contributed by atoms with van der Waals surface area (Å²) in [5.74, 6) is -1.30. The Balaban J connectivity index is 1.95. The average Bonchev–Trinajstić information content (AvgIpc) is 2.61. The van der Waals surface area contributed by atoms with Crippen LogP contribution in [0.1, 0.15) is 21.6 Å². The Kier molecular flexibility index (Phi) is 4.76. The molecule has 0 atom stereocenters. The molecule has 0 aliphatic heterocycles. The zero-order chi connectivity index (χ0) is 19.6. The summed E-state index contributed by atoms with van der Waals surface area (Å²) in [6.07, 6.45) is -0.807. The maximum atomic E-state index is 12.8. The Hall–Kier alpha value is -3.49. The first-order valence-corrected chi connectivity index (χ1v) is 7.70. The number of anilines is 2. The number of carbonyl (C=O) groups is 1. The third-order valence-electron chi connectivity index (χ3n) is 3.60. The number of aromatic carboxylic acids is 1. The van der Waals surface area contributed by atoms with Crippen LogP contribution in [-0.4, -0.2) is 26.0 Å². The molecule has 27 heavy (non-hydrogen) atoms. The summed E-state index contributed by atoms with van der Waals surface area (Å²) in [4.78, 5) is 22.3. The molecule has 2 aromatic heterocycles. The molecule has 0 fully saturated rings. The van der Waals surface area contributed by atoms with E-state index in [1.165, 1.54) is 18.5 Å². The van der Waals surface area contributed by atoms with E-state index in [1.54, 1.807) is 25.1 Å². The van der Waals surface area contributed by atoms with Crippen LogP contribution in [-0.2, 0) is 6.18 Å². The smallest absolute Gasteiger partial charge is 0.433 e. The molecule has 0 spiro atoms. The quantitative estimate of drug-likeness (QED) is 0.708. The lowest BCUT2D eigenvalue weighted by Crippen LogP contribution is -2.10. The van der Waals surface area contributed by atoms with Crippen molar-refractivity contribution in [3.8, 4) is 11.1 Å². The molecule has 2 N–H and O–H groups in total. The highest BCUT2D eigenvalue weighted by Gasteiger charge is 2.32. The lowest BCUT2D eigenvalue weighted by Gasteiger charge is -2.11. The Bertz CT molecular complexity index is 1010. The normalized spacial score (nSPS) is 11.3. The molecule has 138 valence electrons. The van der Waals surface area contributed by atoms with Gasteiger partial charge in [-0.15, -0.1) is 0 Å². The highest BCUT2D eigenvalue weighted by Crippen LogP contribution is 2.29. The van der Waals surface area contributed by atoms with E-state index in [-0.39, 0.29) is 11.5 Å². The number of halogens is 3. The van der Waals surface area contributed by atoms with Gasteiger partial charge in [-0.25, -0.2) is 14.8 Å². The Labute approximate surface area is 151 Å². The number of carboxylic acids is 1. The second-order valence-corrected chi connectivity index (χ2v) is 5.74. The van der Waals surface area contributed by atoms with Gasteiger partial charge in [-0.05, 0) is 42.3 Å². The minimum atomic E-state index is -4.57. The standard InChI is InChI=1S/C18H13F3N4O2/c1-10-4-11(12-6-13(16(26)27)9-22-8-12)7-14(5-10)24-17-23-3-2-15(25-17)18(19,20)21/h2-9H,1H3,(H,26,27)(H,23,24,25). The summed E-state index contributed by atoms with van der Waals surface area (Å²) >= 11 is 0. The molecular formula is C18H13F3N4O2. The van der Waals surface area contributed by atoms with Gasteiger partial charge in [-0.2, -0.15) is 13.2 Å². The third-order valence-corrected chi connectivity index (χ3v) is 3.60. The van der Waals surface area contributed by atoms with Crippen molar-refractivity contribution in [1.29, 1.82) is 0 Å². The van der Waals surface area contributed by atoms with Gasteiger partial charge in [-0.3, -0.25) is 4.98 Å². The second kappa shape index (κ2) is 7.02. The van der Waals surface area contributed by atoms with E-state index in [4.69, 9.17) is 5.11 Å². The van der Waals surface area contributed by atoms with Gasteiger partial charge < -0.3 is 10.4 Å². The van der Waals surface area contributed by atoms with E-state index < -0.39 is 17.8 Å². The zero-order valence-electron chi connectivity index (χ0n) is 13.9. The van der Waals surface area contributed by atoms with Crippen LogP contribution in [0, 0.1) is 6.92 Å². The molecule has 0 saturated carbocycles. The maximum Gasteiger partial charge on any atom is 0.433 e. The maximum absolute atomic E-state index is 12.8.